The summed E-state index contributed by atoms with van der Waals surface area (Å²) < 4.78 is 0. The molecule has 0 saturated heterocycles. The second-order valence-corrected chi connectivity index (χ2v) is 6.05. The topological polar surface area (TPSA) is 20.3 Å². The van der Waals surface area contributed by atoms with Crippen molar-refractivity contribution in [1.82, 2.24) is 4.90 Å². The summed E-state index contributed by atoms with van der Waals surface area (Å²) in [6, 6.07) is 5.50. The number of halogens is 2. The molecule has 0 bridgehead atoms. The zero-order valence-electron chi connectivity index (χ0n) is 12.6. The smallest absolute Gasteiger partial charge is 0.254 e. The maximum Gasteiger partial charge on any atom is 0.254 e. The molecule has 1 amide bonds. The van der Waals surface area contributed by atoms with Crippen molar-refractivity contribution >= 4 is 29.1 Å². The van der Waals surface area contributed by atoms with Crippen LogP contribution in [0.2, 0.25) is 10.0 Å². The highest BCUT2D eigenvalue weighted by atomic mass is 35.5. The molecule has 0 aliphatic rings. The summed E-state index contributed by atoms with van der Waals surface area (Å²) in [5, 5.41) is 0.893. The molecule has 0 fully saturated rings. The average molecular weight is 316 g/mol. The van der Waals surface area contributed by atoms with Gasteiger partial charge < -0.3 is 4.90 Å². The SMILES string of the molecule is CCCC(C)N(C(=O)c1ccc(Cl)c(Cl)c1)C(C)CC. The molecule has 0 spiro atoms. The first-order valence-corrected chi connectivity index (χ1v) is 7.95. The van der Waals surface area contributed by atoms with Crippen LogP contribution in [-0.2, 0) is 0 Å². The van der Waals surface area contributed by atoms with Gasteiger partial charge >= 0.3 is 0 Å². The van der Waals surface area contributed by atoms with Gasteiger partial charge in [-0.15, -0.1) is 0 Å². The lowest BCUT2D eigenvalue weighted by Crippen LogP contribution is -2.44. The van der Waals surface area contributed by atoms with Crippen LogP contribution < -0.4 is 0 Å². The quantitative estimate of drug-likeness (QED) is 0.686. The number of carbonyl (C=O) groups is 1. The fraction of sp³-hybridized carbons (Fsp3) is 0.562. The molecule has 0 aliphatic heterocycles. The van der Waals surface area contributed by atoms with E-state index in [2.05, 4.69) is 27.7 Å². The van der Waals surface area contributed by atoms with Gasteiger partial charge in [0.15, 0.2) is 0 Å². The lowest BCUT2D eigenvalue weighted by molar-refractivity contribution is 0.0592. The molecule has 0 aliphatic carbocycles. The highest BCUT2D eigenvalue weighted by Gasteiger charge is 2.25. The fourth-order valence-corrected chi connectivity index (χ4v) is 2.66. The highest BCUT2D eigenvalue weighted by molar-refractivity contribution is 6.42. The Morgan fingerprint density at radius 3 is 2.30 bits per heavy atom. The average Bonchev–Trinajstić information content (AvgIpc) is 2.42. The van der Waals surface area contributed by atoms with Crippen molar-refractivity contribution in [3.63, 3.8) is 0 Å². The van der Waals surface area contributed by atoms with Crippen molar-refractivity contribution in [2.75, 3.05) is 0 Å². The van der Waals surface area contributed by atoms with Gasteiger partial charge in [-0.25, -0.2) is 0 Å². The van der Waals surface area contributed by atoms with E-state index in [1.807, 2.05) is 4.90 Å². The largest absolute Gasteiger partial charge is 0.333 e. The minimum Gasteiger partial charge on any atom is -0.333 e. The molecule has 2 atom stereocenters. The van der Waals surface area contributed by atoms with E-state index in [1.165, 1.54) is 0 Å². The van der Waals surface area contributed by atoms with E-state index < -0.39 is 0 Å². The molecule has 2 nitrogen and oxygen atoms in total. The van der Waals surface area contributed by atoms with Gasteiger partial charge in [-0.05, 0) is 44.9 Å². The minimum atomic E-state index is 0.0267. The molecule has 112 valence electrons. The van der Waals surface area contributed by atoms with Crippen LogP contribution in [-0.4, -0.2) is 22.9 Å². The van der Waals surface area contributed by atoms with E-state index in [1.54, 1.807) is 18.2 Å². The Kier molecular flexibility index (Phi) is 6.84. The Morgan fingerprint density at radius 1 is 1.15 bits per heavy atom. The van der Waals surface area contributed by atoms with Crippen LogP contribution in [0.1, 0.15) is 57.3 Å². The lowest BCUT2D eigenvalue weighted by Gasteiger charge is -2.34. The third-order valence-corrected chi connectivity index (χ3v) is 4.39. The number of rotatable bonds is 6. The van der Waals surface area contributed by atoms with E-state index in [4.69, 9.17) is 23.2 Å². The number of amides is 1. The van der Waals surface area contributed by atoms with Crippen LogP contribution in [0.4, 0.5) is 0 Å². The van der Waals surface area contributed by atoms with E-state index >= 15 is 0 Å². The van der Waals surface area contributed by atoms with Gasteiger partial charge in [0.25, 0.3) is 5.91 Å². The molecular weight excluding hydrogens is 293 g/mol. The number of nitrogens with zero attached hydrogens (tertiary/aromatic N) is 1. The molecule has 1 aromatic carbocycles. The third-order valence-electron chi connectivity index (χ3n) is 3.65. The summed E-state index contributed by atoms with van der Waals surface area (Å²) in [4.78, 5) is 14.7. The zero-order chi connectivity index (χ0) is 15.3. The maximum absolute atomic E-state index is 12.7. The van der Waals surface area contributed by atoms with Gasteiger partial charge in [-0.2, -0.15) is 0 Å². The van der Waals surface area contributed by atoms with E-state index in [9.17, 15) is 4.79 Å². The first-order chi connectivity index (χ1) is 9.42. The standard InChI is InChI=1S/C16H23Cl2NO/c1-5-7-12(4)19(11(3)6-2)16(20)13-8-9-14(17)15(18)10-13/h8-12H,5-7H2,1-4H3. The number of hydrogen-bond donors (Lipinski definition) is 0. The van der Waals surface area contributed by atoms with Crippen LogP contribution in [0.25, 0.3) is 0 Å². The maximum atomic E-state index is 12.7. The van der Waals surface area contributed by atoms with Gasteiger partial charge in [-0.1, -0.05) is 43.5 Å². The van der Waals surface area contributed by atoms with Crippen molar-refractivity contribution in [2.45, 2.75) is 59.0 Å². The molecule has 1 rings (SSSR count). The number of hydrogen-bond acceptors (Lipinski definition) is 1. The molecule has 4 heteroatoms. The number of carbonyl (C=O) groups excluding carboxylic acids is 1. The first-order valence-electron chi connectivity index (χ1n) is 7.20. The first kappa shape index (κ1) is 17.3. The zero-order valence-corrected chi connectivity index (χ0v) is 14.1. The molecule has 20 heavy (non-hydrogen) atoms. The molecule has 0 saturated carbocycles. The lowest BCUT2D eigenvalue weighted by atomic mass is 10.1. The second kappa shape index (κ2) is 7.90. The molecule has 0 N–H and O–H groups in total. The molecule has 0 aromatic heterocycles. The van der Waals surface area contributed by atoms with Crippen LogP contribution in [0, 0.1) is 0 Å². The molecule has 2 unspecified atom stereocenters. The second-order valence-electron chi connectivity index (χ2n) is 5.24. The predicted octanol–water partition coefficient (Wildman–Crippen LogP) is 5.42. The van der Waals surface area contributed by atoms with Gasteiger partial charge in [0.1, 0.15) is 0 Å². The van der Waals surface area contributed by atoms with Crippen molar-refractivity contribution in [3.8, 4) is 0 Å². The number of benzene rings is 1. The minimum absolute atomic E-state index is 0.0267. The summed E-state index contributed by atoms with van der Waals surface area (Å²) in [6.45, 7) is 8.42. The van der Waals surface area contributed by atoms with Crippen molar-refractivity contribution in [3.05, 3.63) is 33.8 Å². The summed E-state index contributed by atoms with van der Waals surface area (Å²) in [5.74, 6) is 0.0267. The highest BCUT2D eigenvalue weighted by Crippen LogP contribution is 2.25. The monoisotopic (exact) mass is 315 g/mol. The Bertz CT molecular complexity index is 462. The summed E-state index contributed by atoms with van der Waals surface area (Å²) in [5.41, 5.74) is 0.600. The molecule has 0 heterocycles. The van der Waals surface area contributed by atoms with Crippen molar-refractivity contribution in [2.24, 2.45) is 0 Å². The van der Waals surface area contributed by atoms with Crippen LogP contribution in [0.5, 0.6) is 0 Å². The van der Waals surface area contributed by atoms with Crippen LogP contribution >= 0.6 is 23.2 Å². The van der Waals surface area contributed by atoms with Gasteiger partial charge in [0.2, 0.25) is 0 Å². The van der Waals surface area contributed by atoms with Gasteiger partial charge in [-0.3, -0.25) is 4.79 Å². The van der Waals surface area contributed by atoms with Crippen molar-refractivity contribution < 1.29 is 4.79 Å². The van der Waals surface area contributed by atoms with E-state index in [-0.39, 0.29) is 18.0 Å². The summed E-state index contributed by atoms with van der Waals surface area (Å²) >= 11 is 11.9. The van der Waals surface area contributed by atoms with E-state index in [0.29, 0.717) is 15.6 Å². The van der Waals surface area contributed by atoms with Crippen LogP contribution in [0.15, 0.2) is 18.2 Å². The van der Waals surface area contributed by atoms with Gasteiger partial charge in [0.05, 0.1) is 10.0 Å². The van der Waals surface area contributed by atoms with Gasteiger partial charge in [0, 0.05) is 17.6 Å². The predicted molar refractivity (Wildman–Crippen MR) is 86.8 cm³/mol. The fourth-order valence-electron chi connectivity index (χ4n) is 2.37. The van der Waals surface area contributed by atoms with E-state index in [0.717, 1.165) is 19.3 Å². The summed E-state index contributed by atoms with van der Waals surface area (Å²) in [6.07, 6.45) is 2.99. The Labute approximate surface area is 132 Å². The van der Waals surface area contributed by atoms with Crippen molar-refractivity contribution in [1.29, 1.82) is 0 Å². The van der Waals surface area contributed by atoms with Crippen LogP contribution in [0.3, 0.4) is 0 Å². The molecule has 1 aromatic rings. The Hall–Kier alpha value is -0.730. The third kappa shape index (κ3) is 4.13. The Balaban J connectivity index is 3.06. The summed E-state index contributed by atoms with van der Waals surface area (Å²) in [7, 11) is 0. The molecular formula is C16H23Cl2NO. The normalized spacial score (nSPS) is 13.9. The Morgan fingerprint density at radius 2 is 1.80 bits per heavy atom. The molecule has 0 radical (unpaired) electrons.